The first kappa shape index (κ1) is 13.1. The summed E-state index contributed by atoms with van der Waals surface area (Å²) < 4.78 is 0. The number of hydrogen-bond acceptors (Lipinski definition) is 4. The van der Waals surface area contributed by atoms with Crippen LogP contribution in [-0.2, 0) is 0 Å². The first-order valence-corrected chi connectivity index (χ1v) is 7.04. The standard InChI is InChI=1S/C15H20N4O/c1-9-6-13(20)18-14(17-9)19-16-8-10-4-5-11-7-12(10)15(11,2)3/h4,6,8,11-12H,5,7H2,1-3H3,(H2,17,18,19,20). The molecule has 0 amide bonds. The Morgan fingerprint density at radius 3 is 3.00 bits per heavy atom. The zero-order valence-corrected chi connectivity index (χ0v) is 12.1. The van der Waals surface area contributed by atoms with Gasteiger partial charge in [-0.15, -0.1) is 0 Å². The molecule has 0 radical (unpaired) electrons. The third-order valence-corrected chi connectivity index (χ3v) is 4.76. The van der Waals surface area contributed by atoms with Crippen LogP contribution in [0.2, 0.25) is 0 Å². The van der Waals surface area contributed by atoms with E-state index in [0.29, 0.717) is 23.0 Å². The highest BCUT2D eigenvalue weighted by molar-refractivity contribution is 5.81. The highest BCUT2D eigenvalue weighted by atomic mass is 16.1. The fraction of sp³-hybridized carbons (Fsp3) is 0.533. The Bertz CT molecular complexity index is 642. The molecule has 5 nitrogen and oxygen atoms in total. The van der Waals surface area contributed by atoms with Crippen molar-refractivity contribution in [2.75, 3.05) is 5.43 Å². The van der Waals surface area contributed by atoms with Crippen molar-refractivity contribution in [1.82, 2.24) is 9.97 Å². The molecule has 3 aliphatic rings. The molecule has 1 aromatic rings. The van der Waals surface area contributed by atoms with E-state index in [4.69, 9.17) is 0 Å². The summed E-state index contributed by atoms with van der Waals surface area (Å²) in [7, 11) is 0. The van der Waals surface area contributed by atoms with Crippen LogP contribution in [0.3, 0.4) is 0 Å². The van der Waals surface area contributed by atoms with Gasteiger partial charge in [0.25, 0.3) is 5.56 Å². The monoisotopic (exact) mass is 272 g/mol. The Balaban J connectivity index is 1.69. The lowest BCUT2D eigenvalue weighted by atomic mass is 9.49. The number of aromatic amines is 1. The molecule has 2 atom stereocenters. The summed E-state index contributed by atoms with van der Waals surface area (Å²) in [5.74, 6) is 1.82. The fourth-order valence-electron chi connectivity index (χ4n) is 3.34. The fourth-order valence-corrected chi connectivity index (χ4v) is 3.34. The average Bonchev–Trinajstić information content (AvgIpc) is 2.37. The quantitative estimate of drug-likeness (QED) is 0.656. The molecule has 0 aliphatic heterocycles. The van der Waals surface area contributed by atoms with Gasteiger partial charge in [0.15, 0.2) is 0 Å². The summed E-state index contributed by atoms with van der Waals surface area (Å²) in [6, 6.07) is 1.45. The normalized spacial score (nSPS) is 27.1. The number of nitrogens with zero attached hydrogens (tertiary/aromatic N) is 2. The number of fused-ring (bicyclic) bond motifs is 1. The number of H-pyrrole nitrogens is 1. The molecule has 3 aliphatic carbocycles. The van der Waals surface area contributed by atoms with Crippen molar-refractivity contribution in [2.45, 2.75) is 33.6 Å². The Kier molecular flexibility index (Phi) is 3.00. The number of aromatic nitrogens is 2. The number of hydrazone groups is 1. The van der Waals surface area contributed by atoms with E-state index in [1.165, 1.54) is 18.1 Å². The van der Waals surface area contributed by atoms with Crippen LogP contribution in [-0.4, -0.2) is 16.2 Å². The van der Waals surface area contributed by atoms with E-state index >= 15 is 0 Å². The van der Waals surface area contributed by atoms with E-state index in [9.17, 15) is 4.79 Å². The molecule has 2 bridgehead atoms. The number of anilines is 1. The first-order valence-electron chi connectivity index (χ1n) is 7.04. The minimum atomic E-state index is -0.171. The van der Waals surface area contributed by atoms with Crippen molar-refractivity contribution in [2.24, 2.45) is 22.4 Å². The molecule has 1 fully saturated rings. The lowest BCUT2D eigenvalue weighted by molar-refractivity contribution is -0.00124. The van der Waals surface area contributed by atoms with Crippen LogP contribution in [0, 0.1) is 24.2 Å². The highest BCUT2D eigenvalue weighted by Crippen LogP contribution is 2.58. The maximum atomic E-state index is 11.3. The summed E-state index contributed by atoms with van der Waals surface area (Å²) in [5, 5.41) is 4.21. The van der Waals surface area contributed by atoms with Gasteiger partial charge >= 0.3 is 0 Å². The van der Waals surface area contributed by atoms with Crippen LogP contribution in [0.5, 0.6) is 0 Å². The Labute approximate surface area is 118 Å². The molecule has 1 heterocycles. The topological polar surface area (TPSA) is 70.1 Å². The number of hydrogen-bond donors (Lipinski definition) is 2. The summed E-state index contributed by atoms with van der Waals surface area (Å²) >= 11 is 0. The van der Waals surface area contributed by atoms with Gasteiger partial charge in [-0.3, -0.25) is 9.78 Å². The van der Waals surface area contributed by atoms with E-state index in [-0.39, 0.29) is 5.56 Å². The van der Waals surface area contributed by atoms with Crippen LogP contribution >= 0.6 is 0 Å². The second-order valence-electron chi connectivity index (χ2n) is 6.35. The average molecular weight is 272 g/mol. The zero-order chi connectivity index (χ0) is 14.3. The van der Waals surface area contributed by atoms with Crippen molar-refractivity contribution < 1.29 is 0 Å². The van der Waals surface area contributed by atoms with Crippen LogP contribution in [0.4, 0.5) is 5.95 Å². The SMILES string of the molecule is Cc1cc(=O)[nH]c(NN=CC2=CCC3CC2C3(C)C)n1. The van der Waals surface area contributed by atoms with Gasteiger partial charge in [0, 0.05) is 11.8 Å². The molecule has 2 unspecified atom stereocenters. The molecule has 1 aromatic heterocycles. The summed E-state index contributed by atoms with van der Waals surface area (Å²) in [4.78, 5) is 18.1. The Hall–Kier alpha value is -1.91. The third kappa shape index (κ3) is 2.17. The minimum absolute atomic E-state index is 0.171. The molecular weight excluding hydrogens is 252 g/mol. The van der Waals surface area contributed by atoms with Crippen molar-refractivity contribution in [1.29, 1.82) is 0 Å². The van der Waals surface area contributed by atoms with Crippen molar-refractivity contribution >= 4 is 12.2 Å². The van der Waals surface area contributed by atoms with Gasteiger partial charge in [-0.25, -0.2) is 10.4 Å². The van der Waals surface area contributed by atoms with Crippen LogP contribution in [0.1, 0.15) is 32.4 Å². The smallest absolute Gasteiger partial charge is 0.252 e. The lowest BCUT2D eigenvalue weighted by Gasteiger charge is -2.55. The van der Waals surface area contributed by atoms with Gasteiger partial charge in [-0.05, 0) is 42.6 Å². The number of aryl methyl sites for hydroxylation is 1. The molecule has 1 saturated carbocycles. The van der Waals surface area contributed by atoms with Gasteiger partial charge in [0.05, 0.1) is 6.21 Å². The van der Waals surface area contributed by atoms with Gasteiger partial charge in [0.1, 0.15) is 0 Å². The largest absolute Gasteiger partial charge is 0.291 e. The van der Waals surface area contributed by atoms with Crippen molar-refractivity contribution in [3.8, 4) is 0 Å². The van der Waals surface area contributed by atoms with Crippen LogP contribution in [0.25, 0.3) is 0 Å². The predicted octanol–water partition coefficient (Wildman–Crippen LogP) is 2.47. The molecule has 106 valence electrons. The van der Waals surface area contributed by atoms with E-state index in [1.807, 2.05) is 6.21 Å². The summed E-state index contributed by atoms with van der Waals surface area (Å²) in [5.41, 5.74) is 4.99. The zero-order valence-electron chi connectivity index (χ0n) is 12.1. The second-order valence-corrected chi connectivity index (χ2v) is 6.35. The highest BCUT2D eigenvalue weighted by Gasteiger charge is 2.50. The van der Waals surface area contributed by atoms with Gasteiger partial charge in [-0.2, -0.15) is 5.10 Å². The van der Waals surface area contributed by atoms with Gasteiger partial charge in [-0.1, -0.05) is 19.9 Å². The molecule has 20 heavy (non-hydrogen) atoms. The first-order chi connectivity index (χ1) is 9.46. The summed E-state index contributed by atoms with van der Waals surface area (Å²) in [6.45, 7) is 6.45. The maximum Gasteiger partial charge on any atom is 0.252 e. The maximum absolute atomic E-state index is 11.3. The van der Waals surface area contributed by atoms with E-state index in [1.54, 1.807) is 6.92 Å². The van der Waals surface area contributed by atoms with E-state index in [2.05, 4.69) is 40.4 Å². The Morgan fingerprint density at radius 2 is 2.35 bits per heavy atom. The van der Waals surface area contributed by atoms with Gasteiger partial charge < -0.3 is 0 Å². The van der Waals surface area contributed by atoms with E-state index in [0.717, 1.165) is 12.3 Å². The predicted molar refractivity (Wildman–Crippen MR) is 79.8 cm³/mol. The molecular formula is C15H20N4O. The van der Waals surface area contributed by atoms with Crippen LogP contribution < -0.4 is 11.0 Å². The van der Waals surface area contributed by atoms with E-state index < -0.39 is 0 Å². The molecule has 0 spiro atoms. The molecule has 4 rings (SSSR count). The van der Waals surface area contributed by atoms with Crippen LogP contribution in [0.15, 0.2) is 27.6 Å². The minimum Gasteiger partial charge on any atom is -0.291 e. The third-order valence-electron chi connectivity index (χ3n) is 4.76. The molecule has 5 heteroatoms. The summed E-state index contributed by atoms with van der Waals surface area (Å²) in [6.07, 6.45) is 6.56. The van der Waals surface area contributed by atoms with Gasteiger partial charge in [0.2, 0.25) is 5.95 Å². The number of nitrogens with one attached hydrogen (secondary N) is 2. The lowest BCUT2D eigenvalue weighted by Crippen LogP contribution is -2.48. The number of allylic oxidation sites excluding steroid dienone is 2. The van der Waals surface area contributed by atoms with Crippen molar-refractivity contribution in [3.05, 3.63) is 33.8 Å². The van der Waals surface area contributed by atoms with Crippen molar-refractivity contribution in [3.63, 3.8) is 0 Å². The molecule has 0 aromatic carbocycles. The Morgan fingerprint density at radius 1 is 1.55 bits per heavy atom. The molecule has 0 saturated heterocycles. The molecule has 2 N–H and O–H groups in total. The number of rotatable bonds is 3. The second kappa shape index (κ2) is 4.58.